The second-order valence-corrected chi connectivity index (χ2v) is 5.98. The summed E-state index contributed by atoms with van der Waals surface area (Å²) in [5, 5.41) is 10.7. The number of pyridine rings is 2. The van der Waals surface area contributed by atoms with Crippen LogP contribution in [-0.2, 0) is 0 Å². The van der Waals surface area contributed by atoms with Crippen LogP contribution < -0.4 is 22.2 Å². The van der Waals surface area contributed by atoms with Gasteiger partial charge in [0.15, 0.2) is 29.1 Å². The van der Waals surface area contributed by atoms with Gasteiger partial charge in [-0.2, -0.15) is 0 Å². The van der Waals surface area contributed by atoms with E-state index in [0.717, 1.165) is 10.8 Å². The Bertz CT molecular complexity index is 1230. The van der Waals surface area contributed by atoms with Gasteiger partial charge in [-0.3, -0.25) is 9.36 Å². The van der Waals surface area contributed by atoms with Gasteiger partial charge in [-0.15, -0.1) is 0 Å². The number of nitrogens with two attached hydrogens (primary N) is 2. The highest BCUT2D eigenvalue weighted by Gasteiger charge is 2.26. The molecule has 6 N–H and O–H groups in total. The monoisotopic (exact) mass is 413 g/mol. The molecule has 3 aromatic rings. The topological polar surface area (TPSA) is 136 Å². The van der Waals surface area contributed by atoms with E-state index >= 15 is 0 Å². The molecule has 0 radical (unpaired) electrons. The molecule has 0 aliphatic heterocycles. The van der Waals surface area contributed by atoms with Crippen molar-refractivity contribution in [2.45, 2.75) is 0 Å². The van der Waals surface area contributed by atoms with Crippen molar-refractivity contribution in [1.29, 1.82) is 0 Å². The van der Waals surface area contributed by atoms with Gasteiger partial charge in [-0.05, 0) is 0 Å². The molecule has 2 heterocycles. The number of nitrogens with one attached hydrogen (secondary N) is 1. The normalized spacial score (nSPS) is 11.0. The SMILES string of the molecule is CNc1c(F)c(N)c2c(=O)c(C(=O)O)cn(-c3nc(N)c(F)cc3F)c2c1Cl. The minimum absolute atomic E-state index is 0.321. The average Bonchev–Trinajstić information content (AvgIpc) is 2.63. The van der Waals surface area contributed by atoms with Crippen LogP contribution in [0.2, 0.25) is 5.02 Å². The maximum atomic E-state index is 14.5. The molecule has 0 spiro atoms. The van der Waals surface area contributed by atoms with Crippen LogP contribution in [-0.4, -0.2) is 27.7 Å². The number of rotatable bonds is 3. The Labute approximate surface area is 159 Å². The number of anilines is 3. The summed E-state index contributed by atoms with van der Waals surface area (Å²) in [6, 6.07) is 0.418. The van der Waals surface area contributed by atoms with Gasteiger partial charge in [0.05, 0.1) is 27.3 Å². The number of nitrogens with zero attached hydrogens (tertiary/aromatic N) is 2. The van der Waals surface area contributed by atoms with Crippen LogP contribution in [0, 0.1) is 17.5 Å². The third kappa shape index (κ3) is 2.67. The summed E-state index contributed by atoms with van der Waals surface area (Å²) in [6.45, 7) is 0. The zero-order valence-corrected chi connectivity index (χ0v) is 14.7. The molecular formula is C16H11ClF3N5O3. The first-order valence-corrected chi connectivity index (χ1v) is 7.86. The molecule has 3 rings (SSSR count). The lowest BCUT2D eigenvalue weighted by molar-refractivity contribution is 0.0695. The Balaban J connectivity index is 2.66. The van der Waals surface area contributed by atoms with Crippen molar-refractivity contribution in [2.24, 2.45) is 0 Å². The van der Waals surface area contributed by atoms with Crippen molar-refractivity contribution < 1.29 is 23.1 Å². The van der Waals surface area contributed by atoms with Gasteiger partial charge in [0.1, 0.15) is 5.56 Å². The molecular weight excluding hydrogens is 403 g/mol. The lowest BCUT2D eigenvalue weighted by Crippen LogP contribution is -2.21. The highest BCUT2D eigenvalue weighted by molar-refractivity contribution is 6.38. The lowest BCUT2D eigenvalue weighted by atomic mass is 10.1. The predicted octanol–water partition coefficient (Wildman–Crippen LogP) is 2.36. The van der Waals surface area contributed by atoms with E-state index < -0.39 is 62.1 Å². The van der Waals surface area contributed by atoms with Gasteiger partial charge in [0, 0.05) is 19.3 Å². The van der Waals surface area contributed by atoms with E-state index in [2.05, 4.69) is 10.3 Å². The van der Waals surface area contributed by atoms with Crippen LogP contribution in [0.15, 0.2) is 17.1 Å². The van der Waals surface area contributed by atoms with E-state index in [1.807, 2.05) is 0 Å². The smallest absolute Gasteiger partial charge is 0.341 e. The van der Waals surface area contributed by atoms with Crippen LogP contribution in [0.25, 0.3) is 16.7 Å². The van der Waals surface area contributed by atoms with E-state index in [4.69, 9.17) is 23.1 Å². The Morgan fingerprint density at radius 3 is 2.50 bits per heavy atom. The fourth-order valence-corrected chi connectivity index (χ4v) is 3.08. The van der Waals surface area contributed by atoms with E-state index in [0.29, 0.717) is 6.07 Å². The highest BCUT2D eigenvalue weighted by atomic mass is 35.5. The summed E-state index contributed by atoms with van der Waals surface area (Å²) in [4.78, 5) is 27.6. The molecule has 0 amide bonds. The summed E-state index contributed by atoms with van der Waals surface area (Å²) < 4.78 is 43.2. The number of carboxylic acids is 1. The maximum absolute atomic E-state index is 14.5. The number of halogens is 4. The predicted molar refractivity (Wildman–Crippen MR) is 97.6 cm³/mol. The summed E-state index contributed by atoms with van der Waals surface area (Å²) >= 11 is 6.18. The molecule has 0 aliphatic carbocycles. The third-order valence-corrected chi connectivity index (χ3v) is 4.37. The zero-order chi connectivity index (χ0) is 20.9. The number of hydrogen-bond acceptors (Lipinski definition) is 6. The molecule has 12 heteroatoms. The number of benzene rings is 1. The lowest BCUT2D eigenvalue weighted by Gasteiger charge is -2.18. The van der Waals surface area contributed by atoms with Crippen molar-refractivity contribution in [3.05, 3.63) is 50.5 Å². The molecule has 1 aromatic carbocycles. The maximum Gasteiger partial charge on any atom is 0.341 e. The summed E-state index contributed by atoms with van der Waals surface area (Å²) in [5.74, 6) is -6.54. The van der Waals surface area contributed by atoms with Crippen LogP contribution >= 0.6 is 11.6 Å². The van der Waals surface area contributed by atoms with E-state index in [1.165, 1.54) is 7.05 Å². The number of carbonyl (C=O) groups is 1. The first kappa shape index (κ1) is 19.3. The molecule has 0 saturated heterocycles. The van der Waals surface area contributed by atoms with Crippen molar-refractivity contribution >= 4 is 45.7 Å². The van der Waals surface area contributed by atoms with E-state index in [-0.39, 0.29) is 11.2 Å². The first-order valence-electron chi connectivity index (χ1n) is 7.48. The molecule has 2 aromatic heterocycles. The minimum Gasteiger partial charge on any atom is -0.477 e. The Morgan fingerprint density at radius 1 is 1.29 bits per heavy atom. The molecule has 0 fully saturated rings. The second kappa shape index (κ2) is 6.60. The van der Waals surface area contributed by atoms with E-state index in [9.17, 15) is 27.9 Å². The van der Waals surface area contributed by atoms with Crippen LogP contribution in [0.5, 0.6) is 0 Å². The molecule has 28 heavy (non-hydrogen) atoms. The quantitative estimate of drug-likeness (QED) is 0.484. The molecule has 8 nitrogen and oxygen atoms in total. The Kier molecular flexibility index (Phi) is 4.55. The van der Waals surface area contributed by atoms with Crippen molar-refractivity contribution in [3.63, 3.8) is 0 Å². The number of aromatic carboxylic acids is 1. The number of fused-ring (bicyclic) bond motifs is 1. The molecule has 0 bridgehead atoms. The molecule has 0 unspecified atom stereocenters. The Hall–Kier alpha value is -3.47. The summed E-state index contributed by atoms with van der Waals surface area (Å²) in [7, 11) is 1.32. The average molecular weight is 414 g/mol. The number of carboxylic acid groups (broad SMARTS) is 1. The third-order valence-electron chi connectivity index (χ3n) is 4.01. The van der Waals surface area contributed by atoms with Gasteiger partial charge in [0.2, 0.25) is 5.43 Å². The number of hydrogen-bond donors (Lipinski definition) is 4. The molecule has 0 aliphatic rings. The fourth-order valence-electron chi connectivity index (χ4n) is 2.72. The van der Waals surface area contributed by atoms with Gasteiger partial charge in [0.25, 0.3) is 0 Å². The largest absolute Gasteiger partial charge is 0.477 e. The number of aromatic nitrogens is 2. The number of nitrogen functional groups attached to an aromatic ring is 2. The standard InChI is InChI=1S/C16H11ClF3N5O3/c1-23-11-8(17)12-7(10(21)9(11)20)13(26)4(16(27)28)3-25(12)15-6(19)2-5(18)14(22)24-15/h2-3,23H,21H2,1H3,(H2,22,24)(H,27,28). The summed E-state index contributed by atoms with van der Waals surface area (Å²) in [5.41, 5.74) is 7.69. The van der Waals surface area contributed by atoms with E-state index in [1.54, 1.807) is 0 Å². The fraction of sp³-hybridized carbons (Fsp3) is 0.0625. The van der Waals surface area contributed by atoms with Crippen LogP contribution in [0.1, 0.15) is 10.4 Å². The van der Waals surface area contributed by atoms with Crippen molar-refractivity contribution in [1.82, 2.24) is 9.55 Å². The molecule has 146 valence electrons. The molecule has 0 saturated carbocycles. The van der Waals surface area contributed by atoms with Crippen LogP contribution in [0.3, 0.4) is 0 Å². The van der Waals surface area contributed by atoms with Crippen LogP contribution in [0.4, 0.5) is 30.4 Å². The highest BCUT2D eigenvalue weighted by Crippen LogP contribution is 2.38. The first-order chi connectivity index (χ1) is 13.1. The Morgan fingerprint density at radius 2 is 1.93 bits per heavy atom. The zero-order valence-electron chi connectivity index (χ0n) is 14.0. The van der Waals surface area contributed by atoms with Gasteiger partial charge < -0.3 is 21.9 Å². The van der Waals surface area contributed by atoms with Gasteiger partial charge in [-0.25, -0.2) is 22.9 Å². The molecule has 0 atom stereocenters. The second-order valence-electron chi connectivity index (χ2n) is 5.60. The van der Waals surface area contributed by atoms with Crippen molar-refractivity contribution in [3.8, 4) is 5.82 Å². The minimum atomic E-state index is -1.69. The van der Waals surface area contributed by atoms with Gasteiger partial charge in [-0.1, -0.05) is 11.6 Å². The van der Waals surface area contributed by atoms with Crippen molar-refractivity contribution in [2.75, 3.05) is 23.8 Å². The summed E-state index contributed by atoms with van der Waals surface area (Å²) in [6.07, 6.45) is 0.721. The van der Waals surface area contributed by atoms with Gasteiger partial charge >= 0.3 is 5.97 Å².